The summed E-state index contributed by atoms with van der Waals surface area (Å²) in [7, 11) is -5.21. The molecule has 0 bridgehead atoms. The lowest BCUT2D eigenvalue weighted by molar-refractivity contribution is -0.220. The summed E-state index contributed by atoms with van der Waals surface area (Å²) in [5.41, 5.74) is 0. The first-order valence-corrected chi connectivity index (χ1v) is 25.9. The Morgan fingerprint density at radius 1 is 0.561 bits per heavy atom. The third-order valence-electron chi connectivity index (χ3n) is 11.2. The van der Waals surface area contributed by atoms with Crippen molar-refractivity contribution in [3.05, 3.63) is 60.8 Å². The Morgan fingerprint density at radius 2 is 1.05 bits per heavy atom. The quantitative estimate of drug-likeness (QED) is 0.0103. The summed E-state index contributed by atoms with van der Waals surface area (Å²) in [5, 5.41) is 80.8. The molecule has 3 unspecified atom stereocenters. The van der Waals surface area contributed by atoms with Crippen LogP contribution in [0.2, 0.25) is 0 Å². The third kappa shape index (κ3) is 30.0. The minimum Gasteiger partial charge on any atom is -0.462 e. The molecule has 0 aromatic heterocycles. The van der Waals surface area contributed by atoms with E-state index in [0.717, 1.165) is 70.6 Å². The topological polar surface area (TPSA) is 270 Å². The average Bonchev–Trinajstić information content (AvgIpc) is 3.29. The first-order valence-electron chi connectivity index (χ1n) is 24.4. The van der Waals surface area contributed by atoms with Gasteiger partial charge in [0.1, 0.15) is 43.2 Å². The molecular weight excluding hydrogens is 875 g/mol. The van der Waals surface area contributed by atoms with Gasteiger partial charge >= 0.3 is 19.8 Å². The number of phosphoric ester groups is 1. The Kier molecular flexibility index (Phi) is 35.7. The van der Waals surface area contributed by atoms with Gasteiger partial charge in [0.25, 0.3) is 0 Å². The van der Waals surface area contributed by atoms with E-state index in [0.29, 0.717) is 12.8 Å². The number of aliphatic hydroxyl groups is 8. The zero-order valence-electron chi connectivity index (χ0n) is 39.6. The van der Waals surface area contributed by atoms with Crippen molar-refractivity contribution >= 4 is 19.8 Å². The number of esters is 2. The van der Waals surface area contributed by atoms with Gasteiger partial charge in [-0.3, -0.25) is 18.6 Å². The second-order valence-corrected chi connectivity index (χ2v) is 18.6. The predicted molar refractivity (Wildman–Crippen MR) is 253 cm³/mol. The van der Waals surface area contributed by atoms with Gasteiger partial charge in [0.05, 0.1) is 24.9 Å². The normalized spacial score (nSPS) is 23.3. The number of hydrogen-bond donors (Lipinski definition) is 9. The smallest absolute Gasteiger partial charge is 0.462 e. The first kappa shape index (κ1) is 61.4. The molecule has 16 nitrogen and oxygen atoms in total. The standard InChI is InChI=1S/C49H85O16P/c1-3-5-7-8-9-10-11-12-13-14-15-16-17-18-19-24-28-34-43(54)64-39(37-63-66(60,61)65-49-47(58)45(56)44(55)46(57)48(49)59)36-62-42(53)35-29-33-41(52)40(51)32-27-23-21-20-22-26-31-38(50)30-25-6-4-2/h12-13,20-23,26-27,31-32,38-41,44-52,55-59H,3-11,14-19,24-25,28-30,33-37H2,1-2H3,(H,60,61)/b13-12-,22-20-,23-21+,31-26+,32-27+/t38-,39-,40-,41-,44?,45-,46+,47-,48-,49?/m1/s1. The monoisotopic (exact) mass is 961 g/mol. The van der Waals surface area contributed by atoms with Crippen molar-refractivity contribution in [2.45, 2.75) is 223 Å². The van der Waals surface area contributed by atoms with Crippen LogP contribution in [-0.4, -0.2) is 132 Å². The van der Waals surface area contributed by atoms with Crippen molar-refractivity contribution in [2.75, 3.05) is 13.2 Å². The SMILES string of the molecule is CCCCCCCC/C=C\CCCCCCCCCC(=O)O[C@H](COC(=O)CCC[C@@H](O)[C@H](O)/C=C/C=C/C=C\C=C\[C@H](O)CCCCC)COP(=O)(O)OC1[C@H](O)[C@H](O)C(O)[C@H](O)[C@H]1O. The van der Waals surface area contributed by atoms with Crippen LogP contribution in [0.1, 0.15) is 162 Å². The van der Waals surface area contributed by atoms with Crippen molar-refractivity contribution in [3.8, 4) is 0 Å². The number of unbranched alkanes of at least 4 members (excludes halogenated alkanes) is 15. The van der Waals surface area contributed by atoms with Gasteiger partial charge in [-0.15, -0.1) is 0 Å². The predicted octanol–water partition coefficient (Wildman–Crippen LogP) is 6.64. The lowest BCUT2D eigenvalue weighted by atomic mass is 9.85. The van der Waals surface area contributed by atoms with Crippen molar-refractivity contribution in [1.29, 1.82) is 0 Å². The highest BCUT2D eigenvalue weighted by molar-refractivity contribution is 7.47. The molecule has 66 heavy (non-hydrogen) atoms. The van der Waals surface area contributed by atoms with Crippen LogP contribution in [0.15, 0.2) is 60.8 Å². The molecule has 1 saturated carbocycles. The maximum Gasteiger partial charge on any atom is 0.472 e. The number of rotatable bonds is 39. The van der Waals surface area contributed by atoms with Crippen molar-refractivity contribution < 1.29 is 78.4 Å². The van der Waals surface area contributed by atoms with Crippen LogP contribution in [-0.2, 0) is 32.7 Å². The highest BCUT2D eigenvalue weighted by Gasteiger charge is 2.51. The summed E-state index contributed by atoms with van der Waals surface area (Å²) in [6.45, 7) is 2.90. The molecule has 11 atom stereocenters. The van der Waals surface area contributed by atoms with Gasteiger partial charge in [-0.2, -0.15) is 0 Å². The Labute approximate surface area is 393 Å². The summed E-state index contributed by atoms with van der Waals surface area (Å²) in [5.74, 6) is -1.44. The molecule has 0 heterocycles. The van der Waals surface area contributed by atoms with E-state index >= 15 is 0 Å². The number of aliphatic hydroxyl groups excluding tert-OH is 8. The average molecular weight is 961 g/mol. The molecule has 9 N–H and O–H groups in total. The molecule has 1 aliphatic carbocycles. The molecule has 0 saturated heterocycles. The van der Waals surface area contributed by atoms with Crippen LogP contribution in [0.3, 0.4) is 0 Å². The van der Waals surface area contributed by atoms with E-state index < -0.39 is 94.0 Å². The Bertz CT molecular complexity index is 1440. The molecule has 0 aromatic carbocycles. The summed E-state index contributed by atoms with van der Waals surface area (Å²) in [6, 6.07) is 0. The van der Waals surface area contributed by atoms with Crippen molar-refractivity contribution in [3.63, 3.8) is 0 Å². The number of allylic oxidation sites excluding steroid dienone is 8. The number of carbonyl (C=O) groups excluding carboxylic acids is 2. The summed E-state index contributed by atoms with van der Waals surface area (Å²) in [6.07, 6.45) is 21.8. The van der Waals surface area contributed by atoms with Crippen LogP contribution in [0.4, 0.5) is 0 Å². The molecule has 0 radical (unpaired) electrons. The van der Waals surface area contributed by atoms with Gasteiger partial charge in [0.2, 0.25) is 0 Å². The fraction of sp³-hybridized carbons (Fsp3) is 0.755. The second-order valence-electron chi connectivity index (χ2n) is 17.2. The maximum atomic E-state index is 12.8. The van der Waals surface area contributed by atoms with E-state index in [9.17, 15) is 59.9 Å². The first-order chi connectivity index (χ1) is 31.6. The van der Waals surface area contributed by atoms with Crippen LogP contribution in [0.25, 0.3) is 0 Å². The van der Waals surface area contributed by atoms with Gasteiger partial charge < -0.3 is 55.2 Å². The van der Waals surface area contributed by atoms with Crippen LogP contribution >= 0.6 is 7.82 Å². The number of carbonyl (C=O) groups is 2. The van der Waals surface area contributed by atoms with E-state index in [1.54, 1.807) is 42.5 Å². The van der Waals surface area contributed by atoms with Crippen molar-refractivity contribution in [2.24, 2.45) is 0 Å². The minimum atomic E-state index is -5.21. The minimum absolute atomic E-state index is 0.0163. The number of phosphoric acid groups is 1. The number of ether oxygens (including phenoxy) is 2. The molecule has 0 amide bonds. The molecular formula is C49H85O16P. The Hall–Kier alpha value is -2.57. The molecule has 1 fully saturated rings. The van der Waals surface area contributed by atoms with E-state index in [4.69, 9.17) is 18.5 Å². The molecule has 382 valence electrons. The van der Waals surface area contributed by atoms with Crippen LogP contribution in [0, 0.1) is 0 Å². The van der Waals surface area contributed by atoms with Crippen LogP contribution in [0.5, 0.6) is 0 Å². The Balaban J connectivity index is 2.59. The summed E-state index contributed by atoms with van der Waals surface area (Å²) >= 11 is 0. The molecule has 1 rings (SSSR count). The van der Waals surface area contributed by atoms with E-state index in [-0.39, 0.29) is 25.7 Å². The largest absolute Gasteiger partial charge is 0.472 e. The summed E-state index contributed by atoms with van der Waals surface area (Å²) in [4.78, 5) is 35.8. The second kappa shape index (κ2) is 38.3. The van der Waals surface area contributed by atoms with E-state index in [1.165, 1.54) is 44.6 Å². The zero-order valence-corrected chi connectivity index (χ0v) is 40.4. The van der Waals surface area contributed by atoms with Crippen molar-refractivity contribution in [1.82, 2.24) is 0 Å². The molecule has 1 aliphatic rings. The van der Waals surface area contributed by atoms with E-state index in [2.05, 4.69) is 26.0 Å². The summed E-state index contributed by atoms with van der Waals surface area (Å²) < 4.78 is 33.3. The van der Waals surface area contributed by atoms with Gasteiger partial charge in [-0.05, 0) is 51.4 Å². The lowest BCUT2D eigenvalue weighted by Gasteiger charge is -2.41. The Morgan fingerprint density at radius 3 is 1.64 bits per heavy atom. The third-order valence-corrected chi connectivity index (χ3v) is 12.2. The highest BCUT2D eigenvalue weighted by atomic mass is 31.2. The van der Waals surface area contributed by atoms with Gasteiger partial charge in [0.15, 0.2) is 6.10 Å². The molecule has 0 aliphatic heterocycles. The van der Waals surface area contributed by atoms with Gasteiger partial charge in [-0.25, -0.2) is 4.57 Å². The molecule has 0 aromatic rings. The fourth-order valence-corrected chi connectivity index (χ4v) is 8.05. The van der Waals surface area contributed by atoms with E-state index in [1.807, 2.05) is 0 Å². The van der Waals surface area contributed by atoms with Gasteiger partial charge in [-0.1, -0.05) is 158 Å². The maximum absolute atomic E-state index is 12.8. The zero-order chi connectivity index (χ0) is 49.0. The lowest BCUT2D eigenvalue weighted by Crippen LogP contribution is -2.64. The highest BCUT2D eigenvalue weighted by Crippen LogP contribution is 2.47. The fourth-order valence-electron chi connectivity index (χ4n) is 7.08. The van der Waals surface area contributed by atoms with Gasteiger partial charge in [0, 0.05) is 12.8 Å². The molecule has 0 spiro atoms. The molecule has 17 heteroatoms. The number of hydrogen-bond acceptors (Lipinski definition) is 15. The van der Waals surface area contributed by atoms with Crippen LogP contribution < -0.4 is 0 Å².